The molecule has 0 aliphatic rings. The summed E-state index contributed by atoms with van der Waals surface area (Å²) >= 11 is 0. The van der Waals surface area contributed by atoms with Gasteiger partial charge in [-0.2, -0.15) is 0 Å². The van der Waals surface area contributed by atoms with E-state index in [0.717, 1.165) is 11.1 Å². The second-order valence-corrected chi connectivity index (χ2v) is 5.56. The lowest BCUT2D eigenvalue weighted by Crippen LogP contribution is -2.19. The minimum Gasteiger partial charge on any atom is -0.497 e. The van der Waals surface area contributed by atoms with E-state index in [-0.39, 0.29) is 11.0 Å². The summed E-state index contributed by atoms with van der Waals surface area (Å²) in [6.07, 6.45) is 0. The SMILES string of the molecule is COc1cc(OC)c2c(=O)[nH]c(C(C)(C)C)cc2c1. The van der Waals surface area contributed by atoms with Gasteiger partial charge in [0.25, 0.3) is 5.56 Å². The summed E-state index contributed by atoms with van der Waals surface area (Å²) in [4.78, 5) is 15.2. The first kappa shape index (κ1) is 13.5. The van der Waals surface area contributed by atoms with Gasteiger partial charge in [-0.25, -0.2) is 0 Å². The first-order valence-electron chi connectivity index (χ1n) is 6.16. The molecule has 0 aliphatic carbocycles. The maximum Gasteiger partial charge on any atom is 0.259 e. The Morgan fingerprint density at radius 3 is 2.26 bits per heavy atom. The number of rotatable bonds is 2. The van der Waals surface area contributed by atoms with Crippen molar-refractivity contribution < 1.29 is 9.47 Å². The predicted molar refractivity (Wildman–Crippen MR) is 76.4 cm³/mol. The van der Waals surface area contributed by atoms with Crippen LogP contribution in [-0.4, -0.2) is 19.2 Å². The van der Waals surface area contributed by atoms with Gasteiger partial charge < -0.3 is 14.5 Å². The minimum atomic E-state index is -0.137. The quantitative estimate of drug-likeness (QED) is 0.904. The highest BCUT2D eigenvalue weighted by molar-refractivity contribution is 5.89. The molecule has 0 aliphatic heterocycles. The Morgan fingerprint density at radius 2 is 1.74 bits per heavy atom. The van der Waals surface area contributed by atoms with Gasteiger partial charge in [-0.1, -0.05) is 20.8 Å². The lowest BCUT2D eigenvalue weighted by atomic mass is 9.90. The Hall–Kier alpha value is -1.97. The normalized spacial score (nSPS) is 11.6. The van der Waals surface area contributed by atoms with Crippen molar-refractivity contribution in [3.8, 4) is 11.5 Å². The molecule has 0 atom stereocenters. The Labute approximate surface area is 112 Å². The van der Waals surface area contributed by atoms with E-state index in [1.54, 1.807) is 20.3 Å². The molecule has 0 saturated carbocycles. The number of hydrogen-bond donors (Lipinski definition) is 1. The zero-order valence-corrected chi connectivity index (χ0v) is 12.0. The minimum absolute atomic E-state index is 0.121. The molecule has 1 aromatic carbocycles. The molecule has 1 aromatic heterocycles. The van der Waals surface area contributed by atoms with Gasteiger partial charge in [-0.3, -0.25) is 4.79 Å². The number of hydrogen-bond acceptors (Lipinski definition) is 3. The molecule has 0 unspecified atom stereocenters. The first-order valence-corrected chi connectivity index (χ1v) is 6.16. The highest BCUT2D eigenvalue weighted by atomic mass is 16.5. The number of pyridine rings is 1. The van der Waals surface area contributed by atoms with Crippen molar-refractivity contribution in [3.63, 3.8) is 0 Å². The fraction of sp³-hybridized carbons (Fsp3) is 0.400. The van der Waals surface area contributed by atoms with Crippen LogP contribution in [0.1, 0.15) is 26.5 Å². The number of nitrogens with one attached hydrogen (secondary N) is 1. The number of H-pyrrole nitrogens is 1. The number of methoxy groups -OCH3 is 2. The molecule has 0 radical (unpaired) electrons. The average molecular weight is 261 g/mol. The Bertz CT molecular complexity index is 665. The molecular weight excluding hydrogens is 242 g/mol. The molecule has 0 saturated heterocycles. The van der Waals surface area contributed by atoms with Crippen LogP contribution in [0, 0.1) is 0 Å². The summed E-state index contributed by atoms with van der Waals surface area (Å²) in [7, 11) is 3.14. The Morgan fingerprint density at radius 1 is 1.05 bits per heavy atom. The van der Waals surface area contributed by atoms with Crippen molar-refractivity contribution in [1.29, 1.82) is 0 Å². The highest BCUT2D eigenvalue weighted by Gasteiger charge is 2.18. The molecular formula is C15H19NO3. The van der Waals surface area contributed by atoms with E-state index in [4.69, 9.17) is 9.47 Å². The largest absolute Gasteiger partial charge is 0.497 e. The van der Waals surface area contributed by atoms with E-state index >= 15 is 0 Å². The second-order valence-electron chi connectivity index (χ2n) is 5.56. The summed E-state index contributed by atoms with van der Waals surface area (Å²) in [5.41, 5.74) is 0.631. The van der Waals surface area contributed by atoms with Gasteiger partial charge in [0.2, 0.25) is 0 Å². The molecule has 0 bridgehead atoms. The van der Waals surface area contributed by atoms with Crippen molar-refractivity contribution in [1.82, 2.24) is 4.98 Å². The van der Waals surface area contributed by atoms with Gasteiger partial charge in [0.15, 0.2) is 0 Å². The average Bonchev–Trinajstić information content (AvgIpc) is 2.35. The molecule has 4 heteroatoms. The second kappa shape index (κ2) is 4.61. The first-order chi connectivity index (χ1) is 8.86. The van der Waals surface area contributed by atoms with Crippen molar-refractivity contribution >= 4 is 10.8 Å². The van der Waals surface area contributed by atoms with E-state index in [9.17, 15) is 4.79 Å². The lowest BCUT2D eigenvalue weighted by molar-refractivity contribution is 0.397. The summed E-state index contributed by atoms with van der Waals surface area (Å²) in [6.45, 7) is 6.17. The highest BCUT2D eigenvalue weighted by Crippen LogP contribution is 2.30. The van der Waals surface area contributed by atoms with E-state index < -0.39 is 0 Å². The van der Waals surface area contributed by atoms with Crippen LogP contribution in [0.5, 0.6) is 11.5 Å². The third-order valence-corrected chi connectivity index (χ3v) is 3.14. The summed E-state index contributed by atoms with van der Waals surface area (Å²) in [5, 5.41) is 1.38. The van der Waals surface area contributed by atoms with Crippen molar-refractivity contribution in [2.45, 2.75) is 26.2 Å². The van der Waals surface area contributed by atoms with Crippen LogP contribution >= 0.6 is 0 Å². The van der Waals surface area contributed by atoms with E-state index in [2.05, 4.69) is 25.8 Å². The molecule has 0 fully saturated rings. The maximum absolute atomic E-state index is 12.2. The zero-order valence-electron chi connectivity index (χ0n) is 12.0. The number of fused-ring (bicyclic) bond motifs is 1. The van der Waals surface area contributed by atoms with Crippen LogP contribution in [0.15, 0.2) is 23.0 Å². The molecule has 1 N–H and O–H groups in total. The molecule has 0 spiro atoms. The molecule has 102 valence electrons. The molecule has 2 rings (SSSR count). The lowest BCUT2D eigenvalue weighted by Gasteiger charge is -2.19. The van der Waals surface area contributed by atoms with Gasteiger partial charge in [0.05, 0.1) is 19.6 Å². The smallest absolute Gasteiger partial charge is 0.259 e. The zero-order chi connectivity index (χ0) is 14.2. The number of ether oxygens (including phenoxy) is 2. The van der Waals surface area contributed by atoms with Crippen LogP contribution in [-0.2, 0) is 5.41 Å². The third-order valence-electron chi connectivity index (χ3n) is 3.14. The maximum atomic E-state index is 12.2. The molecule has 2 aromatic rings. The standard InChI is InChI=1S/C15H19NO3/c1-15(2,3)12-7-9-6-10(18-4)8-11(19-5)13(9)14(17)16-12/h6-8H,1-5H3,(H,16,17). The summed E-state index contributed by atoms with van der Waals surface area (Å²) < 4.78 is 10.5. The third kappa shape index (κ3) is 2.43. The Kier molecular flexibility index (Phi) is 3.27. The monoisotopic (exact) mass is 261 g/mol. The van der Waals surface area contributed by atoms with Crippen molar-refractivity contribution in [3.05, 3.63) is 34.2 Å². The number of benzene rings is 1. The van der Waals surface area contributed by atoms with Crippen LogP contribution < -0.4 is 15.0 Å². The number of aromatic amines is 1. The van der Waals surface area contributed by atoms with Gasteiger partial charge in [0, 0.05) is 17.2 Å². The predicted octanol–water partition coefficient (Wildman–Crippen LogP) is 2.84. The fourth-order valence-corrected chi connectivity index (χ4v) is 2.03. The molecule has 4 nitrogen and oxygen atoms in total. The molecule has 1 heterocycles. The van der Waals surface area contributed by atoms with Gasteiger partial charge in [-0.15, -0.1) is 0 Å². The fourth-order valence-electron chi connectivity index (χ4n) is 2.03. The molecule has 19 heavy (non-hydrogen) atoms. The Balaban J connectivity index is 2.84. The van der Waals surface area contributed by atoms with Crippen LogP contribution in [0.2, 0.25) is 0 Å². The van der Waals surface area contributed by atoms with E-state index in [1.807, 2.05) is 12.1 Å². The number of aromatic nitrogens is 1. The van der Waals surface area contributed by atoms with Crippen molar-refractivity contribution in [2.24, 2.45) is 0 Å². The van der Waals surface area contributed by atoms with E-state index in [1.165, 1.54) is 0 Å². The summed E-state index contributed by atoms with van der Waals surface area (Å²) in [5.74, 6) is 1.20. The van der Waals surface area contributed by atoms with Gasteiger partial charge in [0.1, 0.15) is 11.5 Å². The van der Waals surface area contributed by atoms with Crippen LogP contribution in [0.4, 0.5) is 0 Å². The topological polar surface area (TPSA) is 51.3 Å². The summed E-state index contributed by atoms with van der Waals surface area (Å²) in [6, 6.07) is 5.54. The van der Waals surface area contributed by atoms with Crippen molar-refractivity contribution in [2.75, 3.05) is 14.2 Å². The molecule has 0 amide bonds. The van der Waals surface area contributed by atoms with Crippen LogP contribution in [0.3, 0.4) is 0 Å². The van der Waals surface area contributed by atoms with Crippen LogP contribution in [0.25, 0.3) is 10.8 Å². The van der Waals surface area contributed by atoms with Gasteiger partial charge >= 0.3 is 0 Å². The van der Waals surface area contributed by atoms with E-state index in [0.29, 0.717) is 16.9 Å². The van der Waals surface area contributed by atoms with Gasteiger partial charge in [-0.05, 0) is 17.5 Å².